The topological polar surface area (TPSA) is 58.1 Å². The minimum Gasteiger partial charge on any atom is -0.345 e. The average molecular weight is 222 g/mol. The number of amides is 1. The van der Waals surface area contributed by atoms with Crippen molar-refractivity contribution in [3.05, 3.63) is 24.3 Å². The lowest BCUT2D eigenvalue weighted by atomic mass is 10.2. The Hall–Kier alpha value is -1.49. The van der Waals surface area contributed by atoms with Gasteiger partial charge in [0.2, 0.25) is 5.91 Å². The van der Waals surface area contributed by atoms with Crippen molar-refractivity contribution in [3.63, 3.8) is 0 Å². The molecule has 0 aliphatic heterocycles. The van der Waals surface area contributed by atoms with Crippen molar-refractivity contribution in [2.24, 2.45) is 0 Å². The molecule has 0 bridgehead atoms. The zero-order chi connectivity index (χ0) is 12.0. The van der Waals surface area contributed by atoms with Crippen LogP contribution in [0.25, 0.3) is 0 Å². The van der Waals surface area contributed by atoms with Crippen molar-refractivity contribution in [1.82, 2.24) is 20.2 Å². The zero-order valence-electron chi connectivity index (χ0n) is 9.97. The first-order chi connectivity index (χ1) is 7.65. The summed E-state index contributed by atoms with van der Waals surface area (Å²) in [5, 5.41) is 3.13. The summed E-state index contributed by atoms with van der Waals surface area (Å²) in [7, 11) is 1.80. The van der Waals surface area contributed by atoms with Gasteiger partial charge in [0.05, 0.1) is 11.7 Å². The van der Waals surface area contributed by atoms with Gasteiger partial charge >= 0.3 is 0 Å². The number of aromatic nitrogens is 2. The van der Waals surface area contributed by atoms with Crippen LogP contribution in [-0.4, -0.2) is 40.4 Å². The molecule has 1 heterocycles. The lowest BCUT2D eigenvalue weighted by molar-refractivity contribution is -0.131. The summed E-state index contributed by atoms with van der Waals surface area (Å²) in [5.41, 5.74) is 0.883. The largest absolute Gasteiger partial charge is 0.345 e. The van der Waals surface area contributed by atoms with E-state index in [0.29, 0.717) is 6.54 Å². The number of nitrogens with one attached hydrogen (secondary N) is 1. The highest BCUT2D eigenvalue weighted by atomic mass is 16.2. The van der Waals surface area contributed by atoms with Crippen LogP contribution in [0.4, 0.5) is 0 Å². The summed E-state index contributed by atoms with van der Waals surface area (Å²) in [6.07, 6.45) is 3.19. The minimum atomic E-state index is -0.195. The maximum atomic E-state index is 11.7. The molecule has 1 aromatic heterocycles. The summed E-state index contributed by atoms with van der Waals surface area (Å²) in [6.45, 7) is 5.11. The van der Waals surface area contributed by atoms with Crippen LogP contribution in [0.1, 0.15) is 19.5 Å². The fourth-order valence-corrected chi connectivity index (χ4v) is 1.25. The Balaban J connectivity index is 2.41. The molecule has 88 valence electrons. The smallest absolute Gasteiger partial charge is 0.239 e. The molecule has 1 amide bonds. The molecule has 0 fully saturated rings. The summed E-state index contributed by atoms with van der Waals surface area (Å²) in [4.78, 5) is 21.3. The van der Waals surface area contributed by atoms with E-state index in [1.165, 1.54) is 6.33 Å². The minimum absolute atomic E-state index is 0.0940. The van der Waals surface area contributed by atoms with Crippen LogP contribution in [0.5, 0.6) is 0 Å². The first kappa shape index (κ1) is 12.6. The predicted octanol–water partition coefficient (Wildman–Crippen LogP) is 0.433. The van der Waals surface area contributed by atoms with Crippen LogP contribution in [0.3, 0.4) is 0 Å². The molecule has 0 aliphatic rings. The highest BCUT2D eigenvalue weighted by Gasteiger charge is 2.15. The molecular weight excluding hydrogens is 204 g/mol. The molecule has 0 aliphatic carbocycles. The molecule has 1 rings (SSSR count). The standard InChI is InChI=1S/C11H18N4O/c1-4-15(3)11(16)9(2)13-7-10-5-6-12-8-14-10/h5-6,8-9,13H,4,7H2,1-3H3. The lowest BCUT2D eigenvalue weighted by Gasteiger charge is -2.20. The highest BCUT2D eigenvalue weighted by Crippen LogP contribution is 1.95. The second kappa shape index (κ2) is 6.17. The van der Waals surface area contributed by atoms with Crippen molar-refractivity contribution >= 4 is 5.91 Å². The maximum absolute atomic E-state index is 11.7. The van der Waals surface area contributed by atoms with Crippen LogP contribution in [0, 0.1) is 0 Å². The summed E-state index contributed by atoms with van der Waals surface area (Å²) >= 11 is 0. The number of carbonyl (C=O) groups excluding carboxylic acids is 1. The summed E-state index contributed by atoms with van der Waals surface area (Å²) < 4.78 is 0. The van der Waals surface area contributed by atoms with Gasteiger partial charge in [-0.05, 0) is 19.9 Å². The van der Waals surface area contributed by atoms with E-state index in [2.05, 4.69) is 15.3 Å². The maximum Gasteiger partial charge on any atom is 0.239 e. The van der Waals surface area contributed by atoms with E-state index in [4.69, 9.17) is 0 Å². The lowest BCUT2D eigenvalue weighted by Crippen LogP contribution is -2.42. The molecule has 0 saturated heterocycles. The van der Waals surface area contributed by atoms with Gasteiger partial charge in [-0.15, -0.1) is 0 Å². The monoisotopic (exact) mass is 222 g/mol. The second-order valence-electron chi connectivity index (χ2n) is 3.66. The van der Waals surface area contributed by atoms with E-state index in [-0.39, 0.29) is 11.9 Å². The van der Waals surface area contributed by atoms with Crippen LogP contribution in [0.2, 0.25) is 0 Å². The highest BCUT2D eigenvalue weighted by molar-refractivity contribution is 5.81. The van der Waals surface area contributed by atoms with Crippen LogP contribution < -0.4 is 5.32 Å². The summed E-state index contributed by atoms with van der Waals surface area (Å²) in [5.74, 6) is 0.0940. The molecular formula is C11H18N4O. The first-order valence-corrected chi connectivity index (χ1v) is 5.38. The van der Waals surface area contributed by atoms with E-state index in [0.717, 1.165) is 12.2 Å². The van der Waals surface area contributed by atoms with Crippen LogP contribution in [0.15, 0.2) is 18.6 Å². The molecule has 1 unspecified atom stereocenters. The Morgan fingerprint density at radius 3 is 2.94 bits per heavy atom. The average Bonchev–Trinajstić information content (AvgIpc) is 2.35. The van der Waals surface area contributed by atoms with Crippen molar-refractivity contribution in [2.45, 2.75) is 26.4 Å². The quantitative estimate of drug-likeness (QED) is 0.785. The van der Waals surface area contributed by atoms with E-state index in [9.17, 15) is 4.79 Å². The first-order valence-electron chi connectivity index (χ1n) is 5.38. The SMILES string of the molecule is CCN(C)C(=O)C(C)NCc1ccncn1. The Morgan fingerprint density at radius 1 is 1.62 bits per heavy atom. The fraction of sp³-hybridized carbons (Fsp3) is 0.545. The third-order valence-corrected chi connectivity index (χ3v) is 2.45. The Bertz CT molecular complexity index is 328. The van der Waals surface area contributed by atoms with E-state index < -0.39 is 0 Å². The van der Waals surface area contributed by atoms with E-state index in [1.807, 2.05) is 19.9 Å². The Labute approximate surface area is 95.9 Å². The normalized spacial score (nSPS) is 12.2. The second-order valence-corrected chi connectivity index (χ2v) is 3.66. The number of nitrogens with zero attached hydrogens (tertiary/aromatic N) is 3. The van der Waals surface area contributed by atoms with E-state index in [1.54, 1.807) is 18.1 Å². The van der Waals surface area contributed by atoms with Gasteiger partial charge in [-0.2, -0.15) is 0 Å². The van der Waals surface area contributed by atoms with Crippen molar-refractivity contribution < 1.29 is 4.79 Å². The number of likely N-dealkylation sites (N-methyl/N-ethyl adjacent to an activating group) is 1. The number of hydrogen-bond donors (Lipinski definition) is 1. The number of rotatable bonds is 5. The number of hydrogen-bond acceptors (Lipinski definition) is 4. The molecule has 5 heteroatoms. The van der Waals surface area contributed by atoms with E-state index >= 15 is 0 Å². The Kier molecular flexibility index (Phi) is 4.85. The van der Waals surface area contributed by atoms with Gasteiger partial charge in [0.25, 0.3) is 0 Å². The molecule has 5 nitrogen and oxygen atoms in total. The molecule has 1 aromatic rings. The molecule has 16 heavy (non-hydrogen) atoms. The van der Waals surface area contributed by atoms with Crippen molar-refractivity contribution in [1.29, 1.82) is 0 Å². The Morgan fingerprint density at radius 2 is 2.38 bits per heavy atom. The molecule has 0 spiro atoms. The van der Waals surface area contributed by atoms with Gasteiger partial charge < -0.3 is 10.2 Å². The number of carbonyl (C=O) groups is 1. The molecule has 0 aromatic carbocycles. The van der Waals surface area contributed by atoms with Gasteiger partial charge in [0.15, 0.2) is 0 Å². The van der Waals surface area contributed by atoms with Crippen molar-refractivity contribution in [3.8, 4) is 0 Å². The van der Waals surface area contributed by atoms with Crippen molar-refractivity contribution in [2.75, 3.05) is 13.6 Å². The third kappa shape index (κ3) is 3.58. The summed E-state index contributed by atoms with van der Waals surface area (Å²) in [6, 6.07) is 1.63. The van der Waals surface area contributed by atoms with Crippen LogP contribution in [-0.2, 0) is 11.3 Å². The molecule has 1 N–H and O–H groups in total. The zero-order valence-corrected chi connectivity index (χ0v) is 9.97. The molecule has 0 saturated carbocycles. The van der Waals surface area contributed by atoms with Gasteiger partial charge in [0, 0.05) is 26.3 Å². The van der Waals surface area contributed by atoms with Gasteiger partial charge in [-0.25, -0.2) is 9.97 Å². The fourth-order valence-electron chi connectivity index (χ4n) is 1.25. The van der Waals surface area contributed by atoms with Gasteiger partial charge in [0.1, 0.15) is 6.33 Å². The molecule has 0 radical (unpaired) electrons. The third-order valence-electron chi connectivity index (χ3n) is 2.45. The predicted molar refractivity (Wildman–Crippen MR) is 61.6 cm³/mol. The van der Waals surface area contributed by atoms with Crippen LogP contribution >= 0.6 is 0 Å². The molecule has 1 atom stereocenters. The van der Waals surface area contributed by atoms with Gasteiger partial charge in [-0.1, -0.05) is 0 Å². The van der Waals surface area contributed by atoms with Gasteiger partial charge in [-0.3, -0.25) is 4.79 Å².